The van der Waals surface area contributed by atoms with Gasteiger partial charge in [-0.2, -0.15) is 0 Å². The van der Waals surface area contributed by atoms with Gasteiger partial charge in [0.25, 0.3) is 11.7 Å². The molecule has 0 spiro atoms. The number of amides is 2. The summed E-state index contributed by atoms with van der Waals surface area (Å²) in [5.41, 5.74) is 0.797. The van der Waals surface area contributed by atoms with Gasteiger partial charge in [-0.05, 0) is 40.6 Å². The van der Waals surface area contributed by atoms with E-state index < -0.39 is 27.1 Å². The molecular formula is C30H36N4O7S. The van der Waals surface area contributed by atoms with Crippen molar-refractivity contribution in [3.63, 3.8) is 0 Å². The van der Waals surface area contributed by atoms with Crippen molar-refractivity contribution in [3.8, 4) is 11.5 Å². The van der Waals surface area contributed by atoms with E-state index in [1.54, 1.807) is 36.4 Å². The first kappa shape index (κ1) is 30.8. The first-order valence-corrected chi connectivity index (χ1v) is 15.4. The van der Waals surface area contributed by atoms with Gasteiger partial charge in [0.15, 0.2) is 5.75 Å². The molecule has 3 N–H and O–H groups in total. The van der Waals surface area contributed by atoms with Crippen molar-refractivity contribution in [2.24, 2.45) is 0 Å². The second-order valence-electron chi connectivity index (χ2n) is 11.1. The lowest BCUT2D eigenvalue weighted by Gasteiger charge is -2.26. The second kappa shape index (κ2) is 12.4. The van der Waals surface area contributed by atoms with Crippen LogP contribution in [-0.2, 0) is 25.0 Å². The molecule has 0 unspecified atom stereocenters. The fraction of sp³-hybridized carbons (Fsp3) is 0.367. The van der Waals surface area contributed by atoms with Crippen LogP contribution in [0.5, 0.6) is 11.5 Å². The van der Waals surface area contributed by atoms with Crippen LogP contribution in [-0.4, -0.2) is 77.1 Å². The molecule has 1 aliphatic heterocycles. The molecule has 1 fully saturated rings. The Balaban J connectivity index is 1.60. The number of rotatable bonds is 10. The molecule has 0 radical (unpaired) electrons. The lowest BCUT2D eigenvalue weighted by atomic mass is 9.86. The number of nitrogens with zero attached hydrogens (tertiary/aromatic N) is 1. The second-order valence-corrected chi connectivity index (χ2v) is 12.9. The van der Waals surface area contributed by atoms with Gasteiger partial charge in [-0.25, -0.2) is 8.42 Å². The zero-order chi connectivity index (χ0) is 30.7. The molecule has 0 bridgehead atoms. The van der Waals surface area contributed by atoms with Crippen molar-refractivity contribution in [2.45, 2.75) is 26.2 Å². The van der Waals surface area contributed by atoms with Crippen LogP contribution in [0.1, 0.15) is 36.7 Å². The number of methoxy groups -OCH3 is 1. The van der Waals surface area contributed by atoms with Gasteiger partial charge in [0.05, 0.1) is 31.3 Å². The van der Waals surface area contributed by atoms with Gasteiger partial charge in [0.1, 0.15) is 12.4 Å². The fourth-order valence-electron chi connectivity index (χ4n) is 4.71. The molecule has 0 aliphatic carbocycles. The van der Waals surface area contributed by atoms with Gasteiger partial charge in [-0.15, -0.1) is 0 Å². The monoisotopic (exact) mass is 596 g/mol. The van der Waals surface area contributed by atoms with Crippen molar-refractivity contribution < 1.29 is 32.3 Å². The van der Waals surface area contributed by atoms with E-state index in [2.05, 4.69) is 15.4 Å². The smallest absolute Gasteiger partial charge is 0.296 e. The summed E-state index contributed by atoms with van der Waals surface area (Å²) in [6, 6.07) is 13.7. The molecule has 224 valence electrons. The molecule has 1 aliphatic rings. The number of hydrogen-bond acceptors (Lipinski definition) is 8. The number of ketones is 1. The van der Waals surface area contributed by atoms with E-state index in [0.29, 0.717) is 48.3 Å². The Morgan fingerprint density at radius 2 is 1.74 bits per heavy atom. The van der Waals surface area contributed by atoms with Gasteiger partial charge in [0, 0.05) is 30.6 Å². The first-order valence-electron chi connectivity index (χ1n) is 13.5. The van der Waals surface area contributed by atoms with E-state index in [9.17, 15) is 22.8 Å². The Kier molecular flexibility index (Phi) is 9.07. The molecule has 1 heterocycles. The Bertz CT molecular complexity index is 1630. The topological polar surface area (TPSA) is 143 Å². The number of ether oxygens (including phenoxy) is 2. The minimum Gasteiger partial charge on any atom is -0.492 e. The minimum atomic E-state index is -3.66. The Morgan fingerprint density at radius 3 is 2.38 bits per heavy atom. The molecular weight excluding hydrogens is 560 g/mol. The van der Waals surface area contributed by atoms with Crippen LogP contribution in [0.15, 0.2) is 48.5 Å². The highest BCUT2D eigenvalue weighted by Gasteiger charge is 2.25. The lowest BCUT2D eigenvalue weighted by molar-refractivity contribution is -0.124. The number of Topliss-reactive ketones (excluding diaryl/α,β-unsaturated/α-hetero) is 1. The summed E-state index contributed by atoms with van der Waals surface area (Å²) in [6.45, 7) is 8.39. The van der Waals surface area contributed by atoms with Gasteiger partial charge in [0.2, 0.25) is 15.9 Å². The van der Waals surface area contributed by atoms with Crippen molar-refractivity contribution in [2.75, 3.05) is 56.2 Å². The van der Waals surface area contributed by atoms with Crippen LogP contribution in [0.3, 0.4) is 0 Å². The maximum absolute atomic E-state index is 13.5. The van der Waals surface area contributed by atoms with Crippen LogP contribution >= 0.6 is 0 Å². The Labute approximate surface area is 245 Å². The summed E-state index contributed by atoms with van der Waals surface area (Å²) in [4.78, 5) is 40.4. The predicted molar refractivity (Wildman–Crippen MR) is 162 cm³/mol. The van der Waals surface area contributed by atoms with E-state index in [0.717, 1.165) is 12.8 Å². The maximum Gasteiger partial charge on any atom is 0.296 e. The third-order valence-electron chi connectivity index (χ3n) is 6.82. The van der Waals surface area contributed by atoms with Crippen molar-refractivity contribution in [1.29, 1.82) is 0 Å². The number of anilines is 2. The zero-order valence-corrected chi connectivity index (χ0v) is 25.2. The highest BCUT2D eigenvalue weighted by atomic mass is 32.2. The number of benzene rings is 3. The van der Waals surface area contributed by atoms with Crippen molar-refractivity contribution >= 4 is 49.8 Å². The number of carbonyl (C=O) groups is 3. The quantitative estimate of drug-likeness (QED) is 0.239. The number of nitrogens with one attached hydrogen (secondary N) is 3. The van der Waals surface area contributed by atoms with Gasteiger partial charge in [-0.1, -0.05) is 45.0 Å². The number of sulfonamides is 1. The van der Waals surface area contributed by atoms with Crippen LogP contribution in [0.25, 0.3) is 10.8 Å². The van der Waals surface area contributed by atoms with Gasteiger partial charge in [-0.3, -0.25) is 24.0 Å². The van der Waals surface area contributed by atoms with Crippen LogP contribution < -0.4 is 24.8 Å². The Hall–Kier alpha value is -4.16. The molecule has 3 aromatic rings. The highest BCUT2D eigenvalue weighted by molar-refractivity contribution is 7.92. The SMILES string of the molecule is COc1c(NC(=O)C(=O)c2ccc(OCCN3CCNC(=O)C3)c3ccccc23)cc(C(C)(C)C)cc1NS(C)(=O)=O. The number of hydrogen-bond donors (Lipinski definition) is 3. The third-order valence-corrected chi connectivity index (χ3v) is 7.41. The van der Waals surface area contributed by atoms with Gasteiger partial charge >= 0.3 is 0 Å². The van der Waals surface area contributed by atoms with Crippen LogP contribution in [0, 0.1) is 0 Å². The molecule has 2 amide bonds. The predicted octanol–water partition coefficient (Wildman–Crippen LogP) is 3.15. The van der Waals surface area contributed by atoms with E-state index >= 15 is 0 Å². The molecule has 42 heavy (non-hydrogen) atoms. The molecule has 3 aromatic carbocycles. The van der Waals surface area contributed by atoms with Crippen molar-refractivity contribution in [3.05, 3.63) is 59.7 Å². The Morgan fingerprint density at radius 1 is 1.05 bits per heavy atom. The molecule has 4 rings (SSSR count). The van der Waals surface area contributed by atoms with Crippen LogP contribution in [0.4, 0.5) is 11.4 Å². The zero-order valence-electron chi connectivity index (χ0n) is 24.4. The van der Waals surface area contributed by atoms with E-state index in [-0.39, 0.29) is 28.6 Å². The highest BCUT2D eigenvalue weighted by Crippen LogP contribution is 2.39. The average Bonchev–Trinajstić information content (AvgIpc) is 2.91. The van der Waals surface area contributed by atoms with Crippen molar-refractivity contribution in [1.82, 2.24) is 10.2 Å². The minimum absolute atomic E-state index is 0.0153. The summed E-state index contributed by atoms with van der Waals surface area (Å²) in [5, 5.41) is 6.64. The molecule has 1 saturated heterocycles. The number of piperazine rings is 1. The van der Waals surface area contributed by atoms with Crippen LogP contribution in [0.2, 0.25) is 0 Å². The molecule has 11 nitrogen and oxygen atoms in total. The summed E-state index contributed by atoms with van der Waals surface area (Å²) in [6.07, 6.45) is 1.02. The van der Waals surface area contributed by atoms with E-state index in [1.165, 1.54) is 7.11 Å². The molecule has 0 aromatic heterocycles. The third kappa shape index (κ3) is 7.37. The molecule has 0 atom stereocenters. The summed E-state index contributed by atoms with van der Waals surface area (Å²) in [7, 11) is -2.31. The van der Waals surface area contributed by atoms with E-state index in [4.69, 9.17) is 9.47 Å². The molecule has 0 saturated carbocycles. The lowest BCUT2D eigenvalue weighted by Crippen LogP contribution is -2.48. The molecule has 12 heteroatoms. The number of fused-ring (bicyclic) bond motifs is 1. The maximum atomic E-state index is 13.5. The largest absolute Gasteiger partial charge is 0.492 e. The van der Waals surface area contributed by atoms with Gasteiger partial charge < -0.3 is 20.1 Å². The first-order chi connectivity index (χ1) is 19.8. The summed E-state index contributed by atoms with van der Waals surface area (Å²) >= 11 is 0. The van der Waals surface area contributed by atoms with E-state index in [1.807, 2.05) is 37.8 Å². The average molecular weight is 597 g/mol. The standard InChI is InChI=1S/C30H36N4O7S/c1-30(2,3)19-16-23(28(40-4)24(17-19)33-42(5,38)39)32-29(37)27(36)22-10-11-25(21-9-7-6-8-20(21)22)41-15-14-34-13-12-31-26(35)18-34/h6-11,16-17,33H,12-15,18H2,1-5H3,(H,31,35)(H,32,37). The summed E-state index contributed by atoms with van der Waals surface area (Å²) in [5.74, 6) is -1.07. The number of carbonyl (C=O) groups excluding carboxylic acids is 3. The normalized spacial score (nSPS) is 14.3. The fourth-order valence-corrected chi connectivity index (χ4v) is 5.26. The summed E-state index contributed by atoms with van der Waals surface area (Å²) < 4.78 is 38.0.